The van der Waals surface area contributed by atoms with Crippen molar-refractivity contribution in [3.63, 3.8) is 0 Å². The van der Waals surface area contributed by atoms with Crippen LogP contribution in [-0.2, 0) is 25.5 Å². The molecule has 30 heavy (non-hydrogen) atoms. The van der Waals surface area contributed by atoms with Crippen molar-refractivity contribution in [2.45, 2.75) is 59.3 Å². The van der Waals surface area contributed by atoms with Gasteiger partial charge in [0, 0.05) is 11.1 Å². The third-order valence-corrected chi connectivity index (χ3v) is 3.92. The lowest BCUT2D eigenvalue weighted by molar-refractivity contribution is -0.142. The van der Waals surface area contributed by atoms with E-state index in [9.17, 15) is 14.4 Å². The van der Waals surface area contributed by atoms with Crippen LogP contribution < -0.4 is 0 Å². The zero-order valence-corrected chi connectivity index (χ0v) is 18.6. The molecule has 2 aromatic rings. The summed E-state index contributed by atoms with van der Waals surface area (Å²) in [6, 6.07) is 9.10. The normalized spacial score (nSPS) is 11.8. The molecule has 0 spiro atoms. The van der Waals surface area contributed by atoms with Crippen molar-refractivity contribution >= 4 is 29.1 Å². The molecule has 0 fully saturated rings. The Labute approximate surface area is 176 Å². The molecule has 0 unspecified atom stereocenters. The first-order valence-corrected chi connectivity index (χ1v) is 9.68. The van der Waals surface area contributed by atoms with Gasteiger partial charge in [0.2, 0.25) is 0 Å². The van der Waals surface area contributed by atoms with Crippen LogP contribution in [0.3, 0.4) is 0 Å². The van der Waals surface area contributed by atoms with Crippen LogP contribution in [0.15, 0.2) is 30.3 Å². The smallest absolute Gasteiger partial charge is 0.419 e. The fraction of sp³-hybridized carbons (Fsp3) is 0.500. The number of hydrogen-bond acceptors (Lipinski definition) is 6. The summed E-state index contributed by atoms with van der Waals surface area (Å²) in [4.78, 5) is 38.7. The summed E-state index contributed by atoms with van der Waals surface area (Å²) in [5, 5.41) is 0.806. The van der Waals surface area contributed by atoms with Crippen LogP contribution in [0.1, 0.15) is 47.2 Å². The number of esters is 1. The first-order valence-electron chi connectivity index (χ1n) is 9.68. The molecule has 0 aliphatic carbocycles. The van der Waals surface area contributed by atoms with E-state index in [2.05, 4.69) is 0 Å². The van der Waals surface area contributed by atoms with Gasteiger partial charge in [-0.15, -0.1) is 0 Å². The second-order valence-electron chi connectivity index (χ2n) is 8.92. The molecule has 0 N–H and O–H groups in total. The average molecular weight is 418 g/mol. The molecule has 1 heterocycles. The number of aromatic nitrogens is 1. The summed E-state index contributed by atoms with van der Waals surface area (Å²) in [6.07, 6.45) is -1.25. The van der Waals surface area contributed by atoms with Crippen LogP contribution in [0.4, 0.5) is 9.59 Å². The van der Waals surface area contributed by atoms with Crippen molar-refractivity contribution in [2.75, 3.05) is 13.7 Å². The number of amides is 1. The summed E-state index contributed by atoms with van der Waals surface area (Å²) in [7, 11) is 1.24. The zero-order chi connectivity index (χ0) is 22.7. The highest BCUT2D eigenvalue weighted by molar-refractivity contribution is 5.91. The molecule has 1 aromatic heterocycles. The predicted molar refractivity (Wildman–Crippen MR) is 112 cm³/mol. The standard InChI is InChI=1S/C22H30N2O6/c1-21(2,3)29-19(26)23(14-18(25)28-7)13-16-12-15-10-8-9-11-17(15)24(16)20(27)30-22(4,5)6/h8-12H,13-14H2,1-7H3. The fourth-order valence-corrected chi connectivity index (χ4v) is 2.78. The van der Waals surface area contributed by atoms with E-state index < -0.39 is 29.4 Å². The van der Waals surface area contributed by atoms with Gasteiger partial charge in [-0.3, -0.25) is 9.69 Å². The number of methoxy groups -OCH3 is 1. The number of carbonyl (C=O) groups is 3. The summed E-state index contributed by atoms with van der Waals surface area (Å²) in [5.74, 6) is -0.596. The molecule has 0 bridgehead atoms. The second kappa shape index (κ2) is 8.77. The van der Waals surface area contributed by atoms with Gasteiger partial charge in [-0.05, 0) is 53.7 Å². The van der Waals surface area contributed by atoms with Crippen molar-refractivity contribution in [3.8, 4) is 0 Å². The molecule has 0 atom stereocenters. The summed E-state index contributed by atoms with van der Waals surface area (Å²) < 4.78 is 17.1. The summed E-state index contributed by atoms with van der Waals surface area (Å²) in [6.45, 7) is 10.2. The maximum Gasteiger partial charge on any atom is 0.419 e. The molecule has 0 aliphatic heterocycles. The van der Waals surface area contributed by atoms with Crippen molar-refractivity contribution in [1.82, 2.24) is 9.47 Å². The Bertz CT molecular complexity index is 933. The average Bonchev–Trinajstić information content (AvgIpc) is 2.96. The van der Waals surface area contributed by atoms with Gasteiger partial charge in [0.15, 0.2) is 0 Å². The molecule has 8 heteroatoms. The lowest BCUT2D eigenvalue weighted by Crippen LogP contribution is -2.40. The van der Waals surface area contributed by atoms with E-state index in [-0.39, 0.29) is 13.1 Å². The highest BCUT2D eigenvalue weighted by Gasteiger charge is 2.28. The summed E-state index contributed by atoms with van der Waals surface area (Å²) >= 11 is 0. The lowest BCUT2D eigenvalue weighted by atomic mass is 10.2. The Hall–Kier alpha value is -3.03. The summed E-state index contributed by atoms with van der Waals surface area (Å²) in [5.41, 5.74) is -0.316. The van der Waals surface area contributed by atoms with Crippen molar-refractivity contribution in [3.05, 3.63) is 36.0 Å². The van der Waals surface area contributed by atoms with E-state index in [1.165, 1.54) is 16.6 Å². The SMILES string of the molecule is COC(=O)CN(Cc1cc2ccccc2n1C(=O)OC(C)(C)C)C(=O)OC(C)(C)C. The minimum Gasteiger partial charge on any atom is -0.468 e. The lowest BCUT2D eigenvalue weighted by Gasteiger charge is -2.27. The number of fused-ring (bicyclic) bond motifs is 1. The first kappa shape index (κ1) is 23.3. The Kier molecular flexibility index (Phi) is 6.80. The van der Waals surface area contributed by atoms with Crippen LogP contribution in [0.5, 0.6) is 0 Å². The minimum absolute atomic E-state index is 0.0437. The van der Waals surface area contributed by atoms with Gasteiger partial charge in [-0.25, -0.2) is 14.2 Å². The van der Waals surface area contributed by atoms with Crippen molar-refractivity contribution < 1.29 is 28.6 Å². The zero-order valence-electron chi connectivity index (χ0n) is 18.6. The Morgan fingerprint density at radius 1 is 0.967 bits per heavy atom. The van der Waals surface area contributed by atoms with Gasteiger partial charge >= 0.3 is 18.2 Å². The van der Waals surface area contributed by atoms with E-state index in [0.717, 1.165) is 5.39 Å². The maximum absolute atomic E-state index is 12.9. The molecule has 1 amide bonds. The molecule has 1 aromatic carbocycles. The van der Waals surface area contributed by atoms with Gasteiger partial charge < -0.3 is 14.2 Å². The van der Waals surface area contributed by atoms with Crippen LogP contribution >= 0.6 is 0 Å². The Balaban J connectivity index is 2.47. The van der Waals surface area contributed by atoms with Gasteiger partial charge in [-0.2, -0.15) is 0 Å². The number of benzene rings is 1. The van der Waals surface area contributed by atoms with E-state index in [4.69, 9.17) is 14.2 Å². The second-order valence-corrected chi connectivity index (χ2v) is 8.92. The van der Waals surface area contributed by atoms with E-state index in [0.29, 0.717) is 11.2 Å². The van der Waals surface area contributed by atoms with E-state index in [1.807, 2.05) is 18.2 Å². The predicted octanol–water partition coefficient (Wildman–Crippen LogP) is 4.33. The van der Waals surface area contributed by atoms with Crippen LogP contribution in [0, 0.1) is 0 Å². The van der Waals surface area contributed by atoms with Crippen LogP contribution in [-0.4, -0.2) is 52.5 Å². The van der Waals surface area contributed by atoms with Gasteiger partial charge in [0.05, 0.1) is 19.2 Å². The molecule has 0 saturated heterocycles. The van der Waals surface area contributed by atoms with Gasteiger partial charge in [-0.1, -0.05) is 18.2 Å². The fourth-order valence-electron chi connectivity index (χ4n) is 2.78. The van der Waals surface area contributed by atoms with Crippen molar-refractivity contribution in [2.24, 2.45) is 0 Å². The molecule has 8 nitrogen and oxygen atoms in total. The molecular weight excluding hydrogens is 388 g/mol. The molecule has 164 valence electrons. The van der Waals surface area contributed by atoms with Crippen molar-refractivity contribution in [1.29, 1.82) is 0 Å². The number of nitrogens with zero attached hydrogens (tertiary/aromatic N) is 2. The van der Waals surface area contributed by atoms with Crippen LogP contribution in [0.25, 0.3) is 10.9 Å². The van der Waals surface area contributed by atoms with E-state index in [1.54, 1.807) is 53.7 Å². The molecule has 0 radical (unpaired) electrons. The quantitative estimate of drug-likeness (QED) is 0.542. The topological polar surface area (TPSA) is 87.1 Å². The highest BCUT2D eigenvalue weighted by atomic mass is 16.6. The number of ether oxygens (including phenoxy) is 3. The first-order chi connectivity index (χ1) is 13.8. The number of rotatable bonds is 4. The van der Waals surface area contributed by atoms with Gasteiger partial charge in [0.1, 0.15) is 17.7 Å². The van der Waals surface area contributed by atoms with E-state index >= 15 is 0 Å². The Morgan fingerprint density at radius 3 is 2.13 bits per heavy atom. The molecule has 2 rings (SSSR count). The minimum atomic E-state index is -0.747. The molecule has 0 aliphatic rings. The third kappa shape index (κ3) is 6.23. The number of carbonyl (C=O) groups excluding carboxylic acids is 3. The molecule has 0 saturated carbocycles. The Morgan fingerprint density at radius 2 is 1.57 bits per heavy atom. The highest BCUT2D eigenvalue weighted by Crippen LogP contribution is 2.24. The maximum atomic E-state index is 12.9. The number of hydrogen-bond donors (Lipinski definition) is 0. The molecular formula is C22H30N2O6. The van der Waals surface area contributed by atoms with Crippen LogP contribution in [0.2, 0.25) is 0 Å². The third-order valence-electron chi connectivity index (χ3n) is 3.92. The largest absolute Gasteiger partial charge is 0.468 e. The monoisotopic (exact) mass is 418 g/mol. The van der Waals surface area contributed by atoms with Gasteiger partial charge in [0.25, 0.3) is 0 Å². The number of para-hydroxylation sites is 1.